The van der Waals surface area contributed by atoms with Crippen LogP contribution in [0.25, 0.3) is 0 Å². The quantitative estimate of drug-likeness (QED) is 0.438. The van der Waals surface area contributed by atoms with Crippen molar-refractivity contribution in [3.63, 3.8) is 0 Å². The Morgan fingerprint density at radius 2 is 2.33 bits per heavy atom. The molecule has 0 rings (SSSR count). The third kappa shape index (κ3) is 3.88. The normalized spacial score (nSPS) is 9.50. The number of rotatable bonds is 2. The van der Waals surface area contributed by atoms with Crippen molar-refractivity contribution in [3.05, 3.63) is 11.0 Å². The minimum absolute atomic E-state index is 1.07. The van der Waals surface area contributed by atoms with Crippen molar-refractivity contribution >= 4 is 22.1 Å². The van der Waals surface area contributed by atoms with Gasteiger partial charge < -0.3 is 0 Å². The van der Waals surface area contributed by atoms with E-state index in [2.05, 4.69) is 0 Å². The molecule has 6 heavy (non-hydrogen) atoms. The Balaban J connectivity index is 2.94. The summed E-state index contributed by atoms with van der Waals surface area (Å²) >= 11 is -1.33. The van der Waals surface area contributed by atoms with Crippen molar-refractivity contribution in [1.29, 1.82) is 5.41 Å². The van der Waals surface area contributed by atoms with Gasteiger partial charge in [0.1, 0.15) is 0 Å². The van der Waals surface area contributed by atoms with Crippen LogP contribution in [0.1, 0.15) is 0 Å². The van der Waals surface area contributed by atoms with E-state index >= 15 is 0 Å². The van der Waals surface area contributed by atoms with E-state index in [1.165, 1.54) is 11.0 Å². The molecule has 0 aliphatic carbocycles. The summed E-state index contributed by atoms with van der Waals surface area (Å²) in [6, 6.07) is 0. The number of hydrogen-bond donors (Lipinski definition) is 1. The van der Waals surface area contributed by atoms with Crippen LogP contribution < -0.4 is 0 Å². The summed E-state index contributed by atoms with van der Waals surface area (Å²) in [6.45, 7) is 0. The van der Waals surface area contributed by atoms with Crippen molar-refractivity contribution in [2.45, 2.75) is 0 Å². The number of hydrogen-bond acceptors (Lipinski definition) is 1. The fourth-order valence-electron chi connectivity index (χ4n) is 0.0845. The first-order valence-corrected chi connectivity index (χ1v) is 3.44. The second-order valence-electron chi connectivity index (χ2n) is 0.635. The molecule has 1 nitrogen and oxygen atoms in total. The van der Waals surface area contributed by atoms with Crippen LogP contribution in [-0.4, -0.2) is 22.1 Å². The van der Waals surface area contributed by atoms with Crippen molar-refractivity contribution < 1.29 is 3.50 Å². The van der Waals surface area contributed by atoms with Crippen molar-refractivity contribution in [3.8, 4) is 0 Å². The molecule has 0 fully saturated rings. The summed E-state index contributed by atoms with van der Waals surface area (Å²) in [5.41, 5.74) is 0. The van der Waals surface area contributed by atoms with Gasteiger partial charge in [0.25, 0.3) is 0 Å². The molecule has 0 aromatic rings. The molecule has 2 radical (unpaired) electrons. The summed E-state index contributed by atoms with van der Waals surface area (Å²) < 4.78 is 11.1. The maximum absolute atomic E-state index is 11.1. The van der Waals surface area contributed by atoms with E-state index in [-0.39, 0.29) is 0 Å². The van der Waals surface area contributed by atoms with Gasteiger partial charge in [-0.15, -0.1) is 0 Å². The number of allylic oxidation sites excluding steroid dienone is 1. The van der Waals surface area contributed by atoms with Crippen LogP contribution in [-0.2, 0) is 0 Å². The van der Waals surface area contributed by atoms with Crippen LogP contribution in [0.4, 0.5) is 3.50 Å². The SMILES string of the molecule is N=C/C=[CH]\[Ge][F]. The minimum atomic E-state index is -1.33. The molecule has 0 saturated heterocycles. The molecule has 1 N–H and O–H groups in total. The summed E-state index contributed by atoms with van der Waals surface area (Å²) in [5.74, 6) is 0. The summed E-state index contributed by atoms with van der Waals surface area (Å²) in [5, 5.41) is 6.35. The predicted molar refractivity (Wildman–Crippen MR) is 24.8 cm³/mol. The molecule has 0 bridgehead atoms. The van der Waals surface area contributed by atoms with Crippen molar-refractivity contribution in [2.24, 2.45) is 0 Å². The second kappa shape index (κ2) is 4.88. The average molecular weight is 146 g/mol. The standard InChI is InChI=1S/C3H4FGeN/c4-5-2-1-3-6/h1-3,6H/b2-1-,6-3?. The first kappa shape index (κ1) is 5.88. The van der Waals surface area contributed by atoms with Gasteiger partial charge in [0.2, 0.25) is 0 Å². The van der Waals surface area contributed by atoms with Crippen molar-refractivity contribution in [1.82, 2.24) is 0 Å². The first-order valence-electron chi connectivity index (χ1n) is 1.43. The number of halogens is 1. The molecule has 0 aliphatic heterocycles. The maximum atomic E-state index is 11.1. The van der Waals surface area contributed by atoms with E-state index < -0.39 is 15.9 Å². The molecular formula is C3H4FGeN. The molecule has 32 valence electrons. The van der Waals surface area contributed by atoms with Gasteiger partial charge in [-0.25, -0.2) is 0 Å². The fourth-order valence-corrected chi connectivity index (χ4v) is 0.439. The topological polar surface area (TPSA) is 23.9 Å². The molecule has 0 unspecified atom stereocenters. The zero-order valence-corrected chi connectivity index (χ0v) is 5.21. The molecule has 0 atom stereocenters. The van der Waals surface area contributed by atoms with Crippen LogP contribution in [0.3, 0.4) is 0 Å². The fraction of sp³-hybridized carbons (Fsp3) is 0. The van der Waals surface area contributed by atoms with Gasteiger partial charge >= 0.3 is 42.0 Å². The van der Waals surface area contributed by atoms with Gasteiger partial charge in [-0.3, -0.25) is 0 Å². The average Bonchev–Trinajstić information content (AvgIpc) is 1.61. The predicted octanol–water partition coefficient (Wildman–Crippen LogP) is 0.738. The van der Waals surface area contributed by atoms with Gasteiger partial charge in [-0.2, -0.15) is 0 Å². The zero-order valence-electron chi connectivity index (χ0n) is 3.11. The van der Waals surface area contributed by atoms with Gasteiger partial charge in [0, 0.05) is 0 Å². The molecule has 0 spiro atoms. The van der Waals surface area contributed by atoms with Crippen LogP contribution in [0, 0.1) is 5.41 Å². The first-order chi connectivity index (χ1) is 2.91. The van der Waals surface area contributed by atoms with Gasteiger partial charge in [0.15, 0.2) is 0 Å². The van der Waals surface area contributed by atoms with Crippen molar-refractivity contribution in [2.75, 3.05) is 0 Å². The second-order valence-corrected chi connectivity index (χ2v) is 1.79. The molecule has 0 aromatic carbocycles. The van der Waals surface area contributed by atoms with E-state index in [0.717, 1.165) is 6.21 Å². The van der Waals surface area contributed by atoms with Crippen LogP contribution in [0.15, 0.2) is 11.0 Å². The summed E-state index contributed by atoms with van der Waals surface area (Å²) in [6.07, 6.45) is 2.48. The molecular weight excluding hydrogens is 142 g/mol. The Hall–Kier alpha value is -0.117. The monoisotopic (exact) mass is 147 g/mol. The summed E-state index contributed by atoms with van der Waals surface area (Å²) in [4.78, 5) is 1.40. The Bertz CT molecular complexity index is 61.8. The van der Waals surface area contributed by atoms with E-state index in [1.54, 1.807) is 0 Å². The van der Waals surface area contributed by atoms with Gasteiger partial charge in [-0.1, -0.05) is 0 Å². The van der Waals surface area contributed by atoms with Crippen LogP contribution in [0.5, 0.6) is 0 Å². The van der Waals surface area contributed by atoms with E-state index in [1.807, 2.05) is 0 Å². The Morgan fingerprint density at radius 3 is 2.50 bits per heavy atom. The Morgan fingerprint density at radius 1 is 1.67 bits per heavy atom. The zero-order chi connectivity index (χ0) is 4.83. The molecule has 0 amide bonds. The van der Waals surface area contributed by atoms with Gasteiger partial charge in [-0.05, 0) is 0 Å². The molecule has 0 aliphatic rings. The van der Waals surface area contributed by atoms with E-state index in [0.29, 0.717) is 0 Å². The molecule has 3 heteroatoms. The van der Waals surface area contributed by atoms with Crippen LogP contribution >= 0.6 is 0 Å². The number of nitrogens with one attached hydrogen (secondary N) is 1. The molecule has 0 heterocycles. The van der Waals surface area contributed by atoms with E-state index in [4.69, 9.17) is 5.41 Å². The third-order valence-electron chi connectivity index (χ3n) is 0.255. The van der Waals surface area contributed by atoms with Crippen LogP contribution in [0.2, 0.25) is 0 Å². The third-order valence-corrected chi connectivity index (χ3v) is 0.924. The molecule has 0 saturated carbocycles. The Kier molecular flexibility index (Phi) is 4.79. The van der Waals surface area contributed by atoms with Gasteiger partial charge in [0.05, 0.1) is 0 Å². The van der Waals surface area contributed by atoms with E-state index in [9.17, 15) is 3.50 Å². The summed E-state index contributed by atoms with van der Waals surface area (Å²) in [7, 11) is 0. The molecule has 0 aromatic heterocycles. The Labute approximate surface area is 42.7 Å².